The molecule has 3 aliphatic heterocycles. The summed E-state index contributed by atoms with van der Waals surface area (Å²) in [5, 5.41) is 7.14. The van der Waals surface area contributed by atoms with Crippen molar-refractivity contribution in [2.45, 2.75) is 44.2 Å². The number of likely N-dealkylation sites (tertiary alicyclic amines) is 2. The van der Waals surface area contributed by atoms with Gasteiger partial charge >= 0.3 is 0 Å². The van der Waals surface area contributed by atoms with Gasteiger partial charge in [0.1, 0.15) is 5.84 Å². The van der Waals surface area contributed by atoms with Gasteiger partial charge in [0, 0.05) is 25.7 Å². The molecule has 1 N–H and O–H groups in total. The number of benzene rings is 3. The molecule has 0 saturated carbocycles. The molecule has 174 valence electrons. The fraction of sp³-hybridized carbons (Fsp3) is 0.393. The highest BCUT2D eigenvalue weighted by Crippen LogP contribution is 2.33. The lowest BCUT2D eigenvalue weighted by Gasteiger charge is -2.44. The Balaban J connectivity index is 1.22. The summed E-state index contributed by atoms with van der Waals surface area (Å²) in [5.74, 6) is 0.900. The number of nitrogens with zero attached hydrogens (tertiary/aromatic N) is 3. The number of carbonyl (C=O) groups is 2. The summed E-state index contributed by atoms with van der Waals surface area (Å²) in [6.45, 7) is 5.02. The predicted octanol–water partition coefficient (Wildman–Crippen LogP) is 3.98. The van der Waals surface area contributed by atoms with Crippen molar-refractivity contribution in [3.63, 3.8) is 0 Å². The van der Waals surface area contributed by atoms with E-state index in [2.05, 4.69) is 40.5 Å². The first-order chi connectivity index (χ1) is 16.5. The summed E-state index contributed by atoms with van der Waals surface area (Å²) in [6.07, 6.45) is 3.65. The van der Waals surface area contributed by atoms with Crippen LogP contribution >= 0.6 is 0 Å². The first kappa shape index (κ1) is 21.3. The van der Waals surface area contributed by atoms with Crippen molar-refractivity contribution in [1.29, 1.82) is 0 Å². The highest BCUT2D eigenvalue weighted by Gasteiger charge is 2.47. The summed E-state index contributed by atoms with van der Waals surface area (Å²) in [5.41, 5.74) is 0.202. The van der Waals surface area contributed by atoms with Gasteiger partial charge in [0.25, 0.3) is 11.8 Å². The summed E-state index contributed by atoms with van der Waals surface area (Å²) in [7, 11) is 0. The lowest BCUT2D eigenvalue weighted by molar-refractivity contribution is -0.126. The SMILES string of the molecule is CC1=NC2(CCCN(C3CCN(C(=O)c4c5ccccc5cc5ccccc45)CC3)C2)C(=O)N1. The van der Waals surface area contributed by atoms with Gasteiger partial charge in [0.15, 0.2) is 5.54 Å². The predicted molar refractivity (Wildman–Crippen MR) is 135 cm³/mol. The van der Waals surface area contributed by atoms with E-state index in [0.29, 0.717) is 12.6 Å². The number of nitrogens with one attached hydrogen (secondary N) is 1. The number of rotatable bonds is 2. The van der Waals surface area contributed by atoms with Crippen LogP contribution in [0.4, 0.5) is 0 Å². The van der Waals surface area contributed by atoms with E-state index in [4.69, 9.17) is 4.99 Å². The van der Waals surface area contributed by atoms with Crippen LogP contribution in [0.25, 0.3) is 21.5 Å². The second kappa shape index (κ2) is 8.20. The van der Waals surface area contributed by atoms with Gasteiger partial charge in [-0.3, -0.25) is 19.5 Å². The number of amidine groups is 1. The molecular weight excluding hydrogens is 424 g/mol. The monoisotopic (exact) mass is 454 g/mol. The fourth-order valence-electron chi connectivity index (χ4n) is 6.17. The first-order valence-electron chi connectivity index (χ1n) is 12.4. The number of hydrogen-bond acceptors (Lipinski definition) is 4. The molecule has 0 aliphatic carbocycles. The van der Waals surface area contributed by atoms with E-state index in [0.717, 1.165) is 78.3 Å². The lowest BCUT2D eigenvalue weighted by Crippen LogP contribution is -2.57. The van der Waals surface area contributed by atoms with Crippen LogP contribution in [-0.2, 0) is 4.79 Å². The van der Waals surface area contributed by atoms with Crippen molar-refractivity contribution in [3.05, 3.63) is 60.2 Å². The molecule has 0 bridgehead atoms. The molecule has 3 heterocycles. The summed E-state index contributed by atoms with van der Waals surface area (Å²) < 4.78 is 0. The molecule has 2 amide bonds. The van der Waals surface area contributed by atoms with Gasteiger partial charge in [0.2, 0.25) is 0 Å². The van der Waals surface area contributed by atoms with Gasteiger partial charge < -0.3 is 10.2 Å². The average molecular weight is 455 g/mol. The van der Waals surface area contributed by atoms with E-state index in [-0.39, 0.29) is 11.8 Å². The molecule has 34 heavy (non-hydrogen) atoms. The Morgan fingerprint density at radius 1 is 1.00 bits per heavy atom. The molecule has 3 aromatic carbocycles. The Labute approximate surface area is 199 Å². The second-order valence-electron chi connectivity index (χ2n) is 9.97. The normalized spacial score (nSPS) is 24.1. The van der Waals surface area contributed by atoms with Crippen molar-refractivity contribution in [2.24, 2.45) is 4.99 Å². The topological polar surface area (TPSA) is 65.0 Å². The Kier molecular flexibility index (Phi) is 5.14. The largest absolute Gasteiger partial charge is 0.338 e. The third kappa shape index (κ3) is 3.48. The van der Waals surface area contributed by atoms with Crippen LogP contribution in [0, 0.1) is 0 Å². The molecule has 1 unspecified atom stereocenters. The number of amides is 2. The molecule has 3 aliphatic rings. The maximum atomic E-state index is 13.8. The molecular formula is C28H30N4O2. The third-order valence-electron chi connectivity index (χ3n) is 7.85. The van der Waals surface area contributed by atoms with Gasteiger partial charge in [-0.1, -0.05) is 48.5 Å². The van der Waals surface area contributed by atoms with Crippen LogP contribution in [0.1, 0.15) is 43.0 Å². The van der Waals surface area contributed by atoms with Crippen molar-refractivity contribution in [3.8, 4) is 0 Å². The minimum Gasteiger partial charge on any atom is -0.338 e. The third-order valence-corrected chi connectivity index (χ3v) is 7.85. The minimum absolute atomic E-state index is 0.0464. The second-order valence-corrected chi connectivity index (χ2v) is 9.97. The maximum absolute atomic E-state index is 13.8. The van der Waals surface area contributed by atoms with E-state index < -0.39 is 5.54 Å². The highest BCUT2D eigenvalue weighted by atomic mass is 16.2. The Morgan fingerprint density at radius 3 is 2.26 bits per heavy atom. The lowest BCUT2D eigenvalue weighted by atomic mass is 9.87. The summed E-state index contributed by atoms with van der Waals surface area (Å²) in [6, 6.07) is 18.9. The minimum atomic E-state index is -0.614. The molecule has 6 rings (SSSR count). The fourth-order valence-corrected chi connectivity index (χ4v) is 6.17. The first-order valence-corrected chi connectivity index (χ1v) is 12.4. The van der Waals surface area contributed by atoms with Crippen molar-refractivity contribution < 1.29 is 9.59 Å². The van der Waals surface area contributed by atoms with Crippen LogP contribution in [0.5, 0.6) is 0 Å². The zero-order valence-electron chi connectivity index (χ0n) is 19.6. The quantitative estimate of drug-likeness (QED) is 0.596. The van der Waals surface area contributed by atoms with Gasteiger partial charge in [-0.15, -0.1) is 0 Å². The van der Waals surface area contributed by atoms with Gasteiger partial charge in [-0.2, -0.15) is 0 Å². The van der Waals surface area contributed by atoms with Crippen LogP contribution in [0.3, 0.4) is 0 Å². The van der Waals surface area contributed by atoms with E-state index in [1.54, 1.807) is 0 Å². The van der Waals surface area contributed by atoms with E-state index in [1.165, 1.54) is 0 Å². The Bertz CT molecular complexity index is 1270. The maximum Gasteiger partial charge on any atom is 0.255 e. The van der Waals surface area contributed by atoms with E-state index in [1.807, 2.05) is 36.1 Å². The molecule has 1 atom stereocenters. The summed E-state index contributed by atoms with van der Waals surface area (Å²) >= 11 is 0. The number of carbonyl (C=O) groups excluding carboxylic acids is 2. The average Bonchev–Trinajstić information content (AvgIpc) is 3.13. The Morgan fingerprint density at radius 2 is 1.65 bits per heavy atom. The van der Waals surface area contributed by atoms with Crippen LogP contribution in [-0.4, -0.2) is 65.2 Å². The highest BCUT2D eigenvalue weighted by molar-refractivity contribution is 6.18. The molecule has 1 spiro atoms. The van der Waals surface area contributed by atoms with Crippen molar-refractivity contribution in [2.75, 3.05) is 26.2 Å². The van der Waals surface area contributed by atoms with Crippen LogP contribution in [0.15, 0.2) is 59.6 Å². The number of hydrogen-bond donors (Lipinski definition) is 1. The number of aliphatic imine (C=N–C) groups is 1. The molecule has 2 fully saturated rings. The molecule has 0 aromatic heterocycles. The van der Waals surface area contributed by atoms with Crippen molar-refractivity contribution in [1.82, 2.24) is 15.1 Å². The smallest absolute Gasteiger partial charge is 0.255 e. The summed E-state index contributed by atoms with van der Waals surface area (Å²) in [4.78, 5) is 35.6. The van der Waals surface area contributed by atoms with E-state index >= 15 is 0 Å². The van der Waals surface area contributed by atoms with E-state index in [9.17, 15) is 9.59 Å². The van der Waals surface area contributed by atoms with Gasteiger partial charge in [0.05, 0.1) is 5.56 Å². The zero-order valence-corrected chi connectivity index (χ0v) is 19.6. The van der Waals surface area contributed by atoms with Gasteiger partial charge in [-0.05, 0) is 66.8 Å². The molecule has 6 heteroatoms. The number of piperidine rings is 2. The van der Waals surface area contributed by atoms with Crippen molar-refractivity contribution >= 4 is 39.2 Å². The molecule has 0 radical (unpaired) electrons. The standard InChI is InChI=1S/C28H30N4O2/c1-19-29-27(34)28(30-19)13-6-14-32(18-28)22-11-15-31(16-12-22)26(33)25-23-9-4-2-7-20(23)17-21-8-3-5-10-24(21)25/h2-5,7-10,17,22H,6,11-16,18H2,1H3,(H,29,30,34). The van der Waals surface area contributed by atoms with Crippen LogP contribution in [0.2, 0.25) is 0 Å². The molecule has 6 nitrogen and oxygen atoms in total. The molecule has 3 aromatic rings. The van der Waals surface area contributed by atoms with Crippen LogP contribution < -0.4 is 5.32 Å². The zero-order chi connectivity index (χ0) is 23.3. The van der Waals surface area contributed by atoms with Gasteiger partial charge in [-0.25, -0.2) is 0 Å². The molecule has 2 saturated heterocycles. The Hall–Kier alpha value is -3.25. The number of fused-ring (bicyclic) bond motifs is 2.